The number of amides is 1. The van der Waals surface area contributed by atoms with Crippen molar-refractivity contribution in [1.29, 1.82) is 0 Å². The van der Waals surface area contributed by atoms with Gasteiger partial charge in [-0.1, -0.05) is 0 Å². The summed E-state index contributed by atoms with van der Waals surface area (Å²) < 4.78 is 1.50. The van der Waals surface area contributed by atoms with Crippen LogP contribution in [-0.4, -0.2) is 32.8 Å². The van der Waals surface area contributed by atoms with E-state index in [1.807, 2.05) is 0 Å². The molecule has 0 spiro atoms. The molecule has 0 bridgehead atoms. The zero-order valence-electron chi connectivity index (χ0n) is 9.59. The summed E-state index contributed by atoms with van der Waals surface area (Å²) in [7, 11) is 1.70. The number of aromatic nitrogens is 2. The van der Waals surface area contributed by atoms with Gasteiger partial charge in [-0.3, -0.25) is 14.3 Å². The smallest absolute Gasteiger partial charge is 0.306 e. The highest BCUT2D eigenvalue weighted by Crippen LogP contribution is 2.25. The summed E-state index contributed by atoms with van der Waals surface area (Å²) in [6.07, 6.45) is 3.43. The van der Waals surface area contributed by atoms with Crippen LogP contribution in [0.3, 0.4) is 0 Å². The first-order valence-electron chi connectivity index (χ1n) is 5.59. The number of aliphatic carboxylic acids is 1. The molecule has 2 rings (SSSR count). The lowest BCUT2D eigenvalue weighted by atomic mass is 10.1. The lowest BCUT2D eigenvalue weighted by Crippen LogP contribution is -2.34. The molecule has 2 N–H and O–H groups in total. The van der Waals surface area contributed by atoms with Crippen LogP contribution in [0.4, 0.5) is 0 Å². The number of carbonyl (C=O) groups excluding carboxylic acids is 1. The van der Waals surface area contributed by atoms with Gasteiger partial charge >= 0.3 is 5.97 Å². The fraction of sp³-hybridized carbons (Fsp3) is 0.545. The molecule has 1 aromatic rings. The molecule has 1 saturated carbocycles. The summed E-state index contributed by atoms with van der Waals surface area (Å²) in [4.78, 5) is 22.6. The van der Waals surface area contributed by atoms with E-state index in [9.17, 15) is 9.59 Å². The molecule has 1 heterocycles. The second kappa shape index (κ2) is 4.57. The van der Waals surface area contributed by atoms with Crippen LogP contribution in [0.15, 0.2) is 12.3 Å². The van der Waals surface area contributed by atoms with Crippen molar-refractivity contribution in [1.82, 2.24) is 15.1 Å². The summed E-state index contributed by atoms with van der Waals surface area (Å²) >= 11 is 0. The highest BCUT2D eigenvalue weighted by molar-refractivity contribution is 5.92. The lowest BCUT2D eigenvalue weighted by molar-refractivity contribution is -0.141. The van der Waals surface area contributed by atoms with E-state index >= 15 is 0 Å². The minimum absolute atomic E-state index is 0.0431. The third kappa shape index (κ3) is 2.46. The number of rotatable bonds is 3. The van der Waals surface area contributed by atoms with Crippen molar-refractivity contribution < 1.29 is 14.7 Å². The Balaban J connectivity index is 1.93. The van der Waals surface area contributed by atoms with Crippen LogP contribution in [0.2, 0.25) is 0 Å². The summed E-state index contributed by atoms with van der Waals surface area (Å²) in [6.45, 7) is 0. The number of carbonyl (C=O) groups is 2. The molecule has 92 valence electrons. The van der Waals surface area contributed by atoms with E-state index in [-0.39, 0.29) is 17.9 Å². The number of hydrogen-bond donors (Lipinski definition) is 2. The summed E-state index contributed by atoms with van der Waals surface area (Å²) in [5, 5.41) is 15.6. The van der Waals surface area contributed by atoms with E-state index in [2.05, 4.69) is 10.4 Å². The topological polar surface area (TPSA) is 84.2 Å². The van der Waals surface area contributed by atoms with Gasteiger partial charge in [-0.25, -0.2) is 0 Å². The summed E-state index contributed by atoms with van der Waals surface area (Å²) in [5.74, 6) is -1.30. The van der Waals surface area contributed by atoms with Gasteiger partial charge < -0.3 is 10.4 Å². The van der Waals surface area contributed by atoms with Gasteiger partial charge in [0.15, 0.2) is 0 Å². The quantitative estimate of drug-likeness (QED) is 0.797. The Morgan fingerprint density at radius 1 is 1.53 bits per heavy atom. The van der Waals surface area contributed by atoms with Crippen LogP contribution in [0.5, 0.6) is 0 Å². The van der Waals surface area contributed by atoms with Gasteiger partial charge in [0.05, 0.1) is 5.92 Å². The van der Waals surface area contributed by atoms with Crippen LogP contribution < -0.4 is 5.32 Å². The van der Waals surface area contributed by atoms with Crippen LogP contribution >= 0.6 is 0 Å². The number of carboxylic acid groups (broad SMARTS) is 1. The molecule has 1 aromatic heterocycles. The standard InChI is InChI=1S/C11H15N3O3/c1-14-9(4-5-12-14)10(15)13-8-3-2-7(6-8)11(16)17/h4-5,7-8H,2-3,6H2,1H3,(H,13,15)(H,16,17)/t7-,8+/m0/s1. The Labute approximate surface area is 98.6 Å². The van der Waals surface area contributed by atoms with Gasteiger partial charge in [0, 0.05) is 19.3 Å². The summed E-state index contributed by atoms with van der Waals surface area (Å²) in [6, 6.07) is 1.59. The first-order valence-corrected chi connectivity index (χ1v) is 5.59. The summed E-state index contributed by atoms with van der Waals surface area (Å²) in [5.41, 5.74) is 0.490. The maximum Gasteiger partial charge on any atom is 0.306 e. The molecule has 6 heteroatoms. The molecule has 0 unspecified atom stereocenters. The van der Waals surface area contributed by atoms with Gasteiger partial charge in [0.1, 0.15) is 5.69 Å². The largest absolute Gasteiger partial charge is 0.481 e. The maximum absolute atomic E-state index is 11.8. The second-order valence-corrected chi connectivity index (χ2v) is 4.36. The van der Waals surface area contributed by atoms with Crippen molar-refractivity contribution in [2.75, 3.05) is 0 Å². The van der Waals surface area contributed by atoms with E-state index in [0.717, 1.165) is 6.42 Å². The molecule has 0 aliphatic heterocycles. The fourth-order valence-corrected chi connectivity index (χ4v) is 2.19. The minimum Gasteiger partial charge on any atom is -0.481 e. The Bertz CT molecular complexity index is 441. The molecule has 1 fully saturated rings. The molecule has 0 aromatic carbocycles. The average molecular weight is 237 g/mol. The van der Waals surface area contributed by atoms with E-state index in [0.29, 0.717) is 18.5 Å². The first kappa shape index (κ1) is 11.6. The average Bonchev–Trinajstić information content (AvgIpc) is 2.86. The normalized spacial score (nSPS) is 23.6. The van der Waals surface area contributed by atoms with Crippen molar-refractivity contribution in [2.45, 2.75) is 25.3 Å². The van der Waals surface area contributed by atoms with Crippen molar-refractivity contribution in [3.8, 4) is 0 Å². The van der Waals surface area contributed by atoms with Gasteiger partial charge in [-0.05, 0) is 25.3 Å². The SMILES string of the molecule is Cn1nccc1C(=O)N[C@@H]1CC[C@H](C(=O)O)C1. The van der Waals surface area contributed by atoms with Gasteiger partial charge in [-0.2, -0.15) is 5.10 Å². The predicted octanol–water partition coefficient (Wildman–Crippen LogP) is 0.403. The lowest BCUT2D eigenvalue weighted by Gasteiger charge is -2.12. The van der Waals surface area contributed by atoms with E-state index in [1.165, 1.54) is 4.68 Å². The zero-order valence-corrected chi connectivity index (χ0v) is 9.59. The number of nitrogens with one attached hydrogen (secondary N) is 1. The van der Waals surface area contributed by atoms with Crippen LogP contribution in [0.25, 0.3) is 0 Å². The molecule has 0 saturated heterocycles. The highest BCUT2D eigenvalue weighted by Gasteiger charge is 2.30. The van der Waals surface area contributed by atoms with E-state index in [4.69, 9.17) is 5.11 Å². The van der Waals surface area contributed by atoms with Crippen molar-refractivity contribution in [2.24, 2.45) is 13.0 Å². The van der Waals surface area contributed by atoms with Gasteiger partial charge in [0.25, 0.3) is 5.91 Å². The van der Waals surface area contributed by atoms with Crippen LogP contribution in [0, 0.1) is 5.92 Å². The molecule has 2 atom stereocenters. The van der Waals surface area contributed by atoms with Crippen molar-refractivity contribution in [3.63, 3.8) is 0 Å². The highest BCUT2D eigenvalue weighted by atomic mass is 16.4. The first-order chi connectivity index (χ1) is 8.08. The molecule has 6 nitrogen and oxygen atoms in total. The monoisotopic (exact) mass is 237 g/mol. The Kier molecular flexibility index (Phi) is 3.12. The van der Waals surface area contributed by atoms with Crippen molar-refractivity contribution in [3.05, 3.63) is 18.0 Å². The minimum atomic E-state index is -0.776. The Hall–Kier alpha value is -1.85. The number of nitrogens with zero attached hydrogens (tertiary/aromatic N) is 2. The number of aryl methyl sites for hydroxylation is 1. The molecular formula is C11H15N3O3. The van der Waals surface area contributed by atoms with E-state index in [1.54, 1.807) is 19.3 Å². The van der Waals surface area contributed by atoms with Crippen molar-refractivity contribution >= 4 is 11.9 Å². The van der Waals surface area contributed by atoms with Gasteiger partial charge in [-0.15, -0.1) is 0 Å². The Morgan fingerprint density at radius 2 is 2.29 bits per heavy atom. The van der Waals surface area contributed by atoms with Crippen LogP contribution in [-0.2, 0) is 11.8 Å². The maximum atomic E-state index is 11.8. The van der Waals surface area contributed by atoms with Gasteiger partial charge in [0.2, 0.25) is 0 Å². The molecular weight excluding hydrogens is 222 g/mol. The molecule has 1 aliphatic carbocycles. The third-order valence-electron chi connectivity index (χ3n) is 3.17. The molecule has 0 radical (unpaired) electrons. The second-order valence-electron chi connectivity index (χ2n) is 4.36. The fourth-order valence-electron chi connectivity index (χ4n) is 2.19. The van der Waals surface area contributed by atoms with Crippen LogP contribution in [0.1, 0.15) is 29.8 Å². The third-order valence-corrected chi connectivity index (χ3v) is 3.17. The number of carboxylic acids is 1. The zero-order chi connectivity index (χ0) is 12.4. The Morgan fingerprint density at radius 3 is 2.82 bits per heavy atom. The number of hydrogen-bond acceptors (Lipinski definition) is 3. The predicted molar refractivity (Wildman–Crippen MR) is 59.4 cm³/mol. The molecule has 17 heavy (non-hydrogen) atoms. The molecule has 1 aliphatic rings. The van der Waals surface area contributed by atoms with E-state index < -0.39 is 5.97 Å². The molecule has 1 amide bonds.